The molecule has 3 aromatic carbocycles. The van der Waals surface area contributed by atoms with Crippen LogP contribution in [-0.4, -0.2) is 11.8 Å². The molecule has 1 aliphatic rings. The standard InChI is InChI=1S/C27H25NO2S/c1-27(2,3)21-14-16-22(17-15-21)28-25(29)23(20-12-8-5-9-13-20)24(26(28)30)31-18-19-10-6-4-7-11-19/h4-17H,18H2,1-3H3. The van der Waals surface area contributed by atoms with Gasteiger partial charge in [0.15, 0.2) is 0 Å². The molecule has 31 heavy (non-hydrogen) atoms. The van der Waals surface area contributed by atoms with Gasteiger partial charge in [0.1, 0.15) is 0 Å². The lowest BCUT2D eigenvalue weighted by molar-refractivity contribution is -0.119. The molecule has 3 aromatic rings. The first-order valence-electron chi connectivity index (χ1n) is 10.3. The number of hydrogen-bond donors (Lipinski definition) is 0. The van der Waals surface area contributed by atoms with E-state index in [1.165, 1.54) is 16.7 Å². The molecule has 0 radical (unpaired) electrons. The second-order valence-electron chi connectivity index (χ2n) is 8.59. The maximum absolute atomic E-state index is 13.5. The Morgan fingerprint density at radius 3 is 1.90 bits per heavy atom. The number of nitrogens with zero attached hydrogens (tertiary/aromatic N) is 1. The quantitative estimate of drug-likeness (QED) is 0.455. The number of benzene rings is 3. The normalized spacial score (nSPS) is 14.5. The van der Waals surface area contributed by atoms with Crippen LogP contribution in [0.15, 0.2) is 89.8 Å². The van der Waals surface area contributed by atoms with E-state index in [1.807, 2.05) is 84.9 Å². The number of imide groups is 1. The summed E-state index contributed by atoms with van der Waals surface area (Å²) in [4.78, 5) is 28.7. The topological polar surface area (TPSA) is 37.4 Å². The van der Waals surface area contributed by atoms with E-state index in [0.717, 1.165) is 16.7 Å². The van der Waals surface area contributed by atoms with Crippen molar-refractivity contribution in [2.75, 3.05) is 4.90 Å². The smallest absolute Gasteiger partial charge is 0.268 e. The lowest BCUT2D eigenvalue weighted by Crippen LogP contribution is -2.31. The molecule has 0 fully saturated rings. The summed E-state index contributed by atoms with van der Waals surface area (Å²) in [6, 6.07) is 27.2. The number of anilines is 1. The molecule has 0 aromatic heterocycles. The Hall–Kier alpha value is -3.11. The van der Waals surface area contributed by atoms with Crippen LogP contribution in [0.4, 0.5) is 5.69 Å². The van der Waals surface area contributed by atoms with Gasteiger partial charge in [0.25, 0.3) is 11.8 Å². The van der Waals surface area contributed by atoms with E-state index in [2.05, 4.69) is 20.8 Å². The molecule has 2 amide bonds. The molecule has 0 aliphatic carbocycles. The molecule has 0 N–H and O–H groups in total. The summed E-state index contributed by atoms with van der Waals surface area (Å²) in [5, 5.41) is 0. The highest BCUT2D eigenvalue weighted by atomic mass is 32.2. The summed E-state index contributed by atoms with van der Waals surface area (Å²) in [6.07, 6.45) is 0. The number of thioether (sulfide) groups is 1. The predicted octanol–water partition coefficient (Wildman–Crippen LogP) is 6.20. The van der Waals surface area contributed by atoms with Gasteiger partial charge in [-0.3, -0.25) is 9.59 Å². The van der Waals surface area contributed by atoms with Gasteiger partial charge < -0.3 is 0 Å². The number of hydrogen-bond acceptors (Lipinski definition) is 3. The van der Waals surface area contributed by atoms with Crippen LogP contribution >= 0.6 is 11.8 Å². The molecule has 0 saturated carbocycles. The van der Waals surface area contributed by atoms with Crippen LogP contribution in [0.25, 0.3) is 5.57 Å². The van der Waals surface area contributed by atoms with Gasteiger partial charge in [-0.2, -0.15) is 0 Å². The fourth-order valence-corrected chi connectivity index (χ4v) is 4.65. The van der Waals surface area contributed by atoms with E-state index in [0.29, 0.717) is 21.9 Å². The highest BCUT2D eigenvalue weighted by molar-refractivity contribution is 8.03. The molecule has 156 valence electrons. The van der Waals surface area contributed by atoms with Crippen LogP contribution in [0.1, 0.15) is 37.5 Å². The molecule has 0 bridgehead atoms. The van der Waals surface area contributed by atoms with Crippen molar-refractivity contribution in [2.45, 2.75) is 31.9 Å². The van der Waals surface area contributed by atoms with Crippen molar-refractivity contribution in [3.63, 3.8) is 0 Å². The first kappa shape index (κ1) is 21.1. The minimum absolute atomic E-state index is 0.00169. The van der Waals surface area contributed by atoms with Crippen LogP contribution < -0.4 is 4.90 Å². The van der Waals surface area contributed by atoms with Gasteiger partial charge in [-0.25, -0.2) is 4.90 Å². The summed E-state index contributed by atoms with van der Waals surface area (Å²) in [5.74, 6) is 0.103. The molecule has 0 saturated heterocycles. The van der Waals surface area contributed by atoms with Gasteiger partial charge in [-0.05, 0) is 34.2 Å². The molecule has 0 spiro atoms. The van der Waals surface area contributed by atoms with E-state index in [1.54, 1.807) is 0 Å². The molecule has 0 atom stereocenters. The maximum atomic E-state index is 13.5. The molecule has 1 heterocycles. The largest absolute Gasteiger partial charge is 0.272 e. The minimum atomic E-state index is -0.268. The van der Waals surface area contributed by atoms with Gasteiger partial charge in [0, 0.05) is 5.75 Å². The Balaban J connectivity index is 1.70. The van der Waals surface area contributed by atoms with Crippen molar-refractivity contribution >= 4 is 34.8 Å². The fourth-order valence-electron chi connectivity index (χ4n) is 3.58. The number of carbonyl (C=O) groups excluding carboxylic acids is 2. The maximum Gasteiger partial charge on any atom is 0.272 e. The highest BCUT2D eigenvalue weighted by Crippen LogP contribution is 2.40. The van der Waals surface area contributed by atoms with Crippen LogP contribution in [0.3, 0.4) is 0 Å². The Bertz CT molecular complexity index is 1130. The number of carbonyl (C=O) groups is 2. The van der Waals surface area contributed by atoms with Crippen molar-refractivity contribution in [2.24, 2.45) is 0 Å². The Labute approximate surface area is 187 Å². The van der Waals surface area contributed by atoms with E-state index in [9.17, 15) is 9.59 Å². The molecule has 1 aliphatic heterocycles. The molecule has 4 rings (SSSR count). The third kappa shape index (κ3) is 4.35. The zero-order valence-electron chi connectivity index (χ0n) is 18.0. The van der Waals surface area contributed by atoms with E-state index in [-0.39, 0.29) is 17.2 Å². The first-order valence-corrected chi connectivity index (χ1v) is 11.3. The van der Waals surface area contributed by atoms with Crippen molar-refractivity contribution in [3.05, 3.63) is 107 Å². The molecule has 4 heteroatoms. The summed E-state index contributed by atoms with van der Waals surface area (Å²) in [5.41, 5.74) is 4.12. The minimum Gasteiger partial charge on any atom is -0.268 e. The molecule has 3 nitrogen and oxygen atoms in total. The Morgan fingerprint density at radius 1 is 0.742 bits per heavy atom. The zero-order chi connectivity index (χ0) is 22.0. The predicted molar refractivity (Wildman–Crippen MR) is 129 cm³/mol. The Kier molecular flexibility index (Phi) is 5.84. The van der Waals surface area contributed by atoms with Gasteiger partial charge in [-0.15, -0.1) is 11.8 Å². The third-order valence-corrected chi connectivity index (χ3v) is 6.47. The van der Waals surface area contributed by atoms with Crippen LogP contribution in [0.5, 0.6) is 0 Å². The van der Waals surface area contributed by atoms with E-state index in [4.69, 9.17) is 0 Å². The van der Waals surface area contributed by atoms with Gasteiger partial charge >= 0.3 is 0 Å². The Morgan fingerprint density at radius 2 is 1.32 bits per heavy atom. The lowest BCUT2D eigenvalue weighted by Gasteiger charge is -2.21. The fraction of sp³-hybridized carbons (Fsp3) is 0.185. The SMILES string of the molecule is CC(C)(C)c1ccc(N2C(=O)C(SCc3ccccc3)=C(c3ccccc3)C2=O)cc1. The highest BCUT2D eigenvalue weighted by Gasteiger charge is 2.40. The summed E-state index contributed by atoms with van der Waals surface area (Å²) in [7, 11) is 0. The number of amides is 2. The van der Waals surface area contributed by atoms with Crippen molar-refractivity contribution < 1.29 is 9.59 Å². The third-order valence-electron chi connectivity index (χ3n) is 5.32. The van der Waals surface area contributed by atoms with Gasteiger partial charge in [0.2, 0.25) is 0 Å². The first-order chi connectivity index (χ1) is 14.9. The van der Waals surface area contributed by atoms with Crippen molar-refractivity contribution in [3.8, 4) is 0 Å². The average Bonchev–Trinajstić information content (AvgIpc) is 3.02. The van der Waals surface area contributed by atoms with E-state index < -0.39 is 0 Å². The van der Waals surface area contributed by atoms with Crippen LogP contribution in [-0.2, 0) is 20.8 Å². The van der Waals surface area contributed by atoms with E-state index >= 15 is 0 Å². The molecular weight excluding hydrogens is 402 g/mol. The summed E-state index contributed by atoms with van der Waals surface area (Å²) >= 11 is 1.43. The molecule has 0 unspecified atom stereocenters. The van der Waals surface area contributed by atoms with Crippen molar-refractivity contribution in [1.82, 2.24) is 0 Å². The van der Waals surface area contributed by atoms with Crippen molar-refractivity contribution in [1.29, 1.82) is 0 Å². The second kappa shape index (κ2) is 8.56. The van der Waals surface area contributed by atoms with Crippen LogP contribution in [0.2, 0.25) is 0 Å². The van der Waals surface area contributed by atoms with Crippen LogP contribution in [0, 0.1) is 0 Å². The van der Waals surface area contributed by atoms with Gasteiger partial charge in [-0.1, -0.05) is 93.6 Å². The zero-order valence-corrected chi connectivity index (χ0v) is 18.8. The monoisotopic (exact) mass is 427 g/mol. The summed E-state index contributed by atoms with van der Waals surface area (Å²) < 4.78 is 0. The average molecular weight is 428 g/mol. The van der Waals surface area contributed by atoms with Gasteiger partial charge in [0.05, 0.1) is 16.2 Å². The second-order valence-corrected chi connectivity index (χ2v) is 9.57. The number of rotatable bonds is 5. The summed E-state index contributed by atoms with van der Waals surface area (Å²) in [6.45, 7) is 6.42. The lowest BCUT2D eigenvalue weighted by atomic mass is 9.87. The molecular formula is C27H25NO2S.